The molecule has 5 heteroatoms. The number of allylic oxidation sites excluding steroid dienone is 1. The van der Waals surface area contributed by atoms with E-state index in [1.54, 1.807) is 30.3 Å². The molecule has 1 heterocycles. The first-order valence-electron chi connectivity index (χ1n) is 7.92. The normalized spacial score (nSPS) is 13.5. The van der Waals surface area contributed by atoms with Crippen molar-refractivity contribution >= 4 is 11.9 Å². The molecule has 0 aromatic heterocycles. The molecule has 3 rings (SSSR count). The summed E-state index contributed by atoms with van der Waals surface area (Å²) >= 11 is 0. The fraction of sp³-hybridized carbons (Fsp3) is 0.200. The van der Waals surface area contributed by atoms with Gasteiger partial charge in [0.15, 0.2) is 11.5 Å². The number of nitriles is 1. The van der Waals surface area contributed by atoms with Gasteiger partial charge < -0.3 is 14.2 Å². The maximum atomic E-state index is 12.7. The predicted molar refractivity (Wildman–Crippen MR) is 93.0 cm³/mol. The smallest absolute Gasteiger partial charge is 0.203 e. The fourth-order valence-corrected chi connectivity index (χ4v) is 2.55. The maximum Gasteiger partial charge on any atom is 0.203 e. The van der Waals surface area contributed by atoms with Crippen LogP contribution in [0, 0.1) is 11.3 Å². The summed E-state index contributed by atoms with van der Waals surface area (Å²) in [7, 11) is 1.53. The van der Waals surface area contributed by atoms with Gasteiger partial charge in [-0.15, -0.1) is 0 Å². The monoisotopic (exact) mass is 335 g/mol. The second-order valence-electron chi connectivity index (χ2n) is 5.46. The Morgan fingerprint density at radius 1 is 1.20 bits per heavy atom. The van der Waals surface area contributed by atoms with Gasteiger partial charge in [0.2, 0.25) is 5.78 Å². The number of hydrogen-bond donors (Lipinski definition) is 0. The van der Waals surface area contributed by atoms with Crippen LogP contribution in [0.3, 0.4) is 0 Å². The van der Waals surface area contributed by atoms with Crippen molar-refractivity contribution in [3.63, 3.8) is 0 Å². The Morgan fingerprint density at radius 3 is 2.80 bits per heavy atom. The number of fused-ring (bicyclic) bond motifs is 1. The number of benzene rings is 2. The van der Waals surface area contributed by atoms with Crippen molar-refractivity contribution in [2.75, 3.05) is 20.3 Å². The second kappa shape index (κ2) is 7.54. The third kappa shape index (κ3) is 3.64. The fourth-order valence-electron chi connectivity index (χ4n) is 2.55. The number of ketones is 1. The van der Waals surface area contributed by atoms with Crippen LogP contribution in [-0.4, -0.2) is 26.1 Å². The molecule has 25 heavy (non-hydrogen) atoms. The van der Waals surface area contributed by atoms with Crippen molar-refractivity contribution in [1.82, 2.24) is 0 Å². The van der Waals surface area contributed by atoms with Gasteiger partial charge in [0.25, 0.3) is 0 Å². The molecule has 1 aliphatic rings. The molecule has 2 aromatic rings. The van der Waals surface area contributed by atoms with Crippen LogP contribution >= 0.6 is 0 Å². The Balaban J connectivity index is 1.98. The average Bonchev–Trinajstić information content (AvgIpc) is 2.91. The van der Waals surface area contributed by atoms with Crippen LogP contribution in [0.15, 0.2) is 48.0 Å². The van der Waals surface area contributed by atoms with Gasteiger partial charge in [0, 0.05) is 17.5 Å². The van der Waals surface area contributed by atoms with E-state index in [-0.39, 0.29) is 11.4 Å². The molecule has 0 radical (unpaired) electrons. The van der Waals surface area contributed by atoms with E-state index in [0.717, 1.165) is 6.42 Å². The first kappa shape index (κ1) is 16.6. The molecule has 0 saturated carbocycles. The summed E-state index contributed by atoms with van der Waals surface area (Å²) < 4.78 is 16.5. The number of carbonyl (C=O) groups excluding carboxylic acids is 1. The van der Waals surface area contributed by atoms with E-state index in [4.69, 9.17) is 14.2 Å². The van der Waals surface area contributed by atoms with E-state index in [0.29, 0.717) is 41.6 Å². The minimum atomic E-state index is -0.367. The van der Waals surface area contributed by atoms with Crippen molar-refractivity contribution < 1.29 is 19.0 Å². The van der Waals surface area contributed by atoms with Crippen LogP contribution in [0.25, 0.3) is 6.08 Å². The Bertz CT molecular complexity index is 864. The molecule has 0 atom stereocenters. The number of ether oxygens (including phenoxy) is 3. The molecule has 0 N–H and O–H groups in total. The lowest BCUT2D eigenvalue weighted by Crippen LogP contribution is -2.03. The molecule has 0 bridgehead atoms. The first-order valence-corrected chi connectivity index (χ1v) is 7.92. The van der Waals surface area contributed by atoms with Crippen LogP contribution in [0.5, 0.6) is 17.2 Å². The first-order chi connectivity index (χ1) is 12.2. The van der Waals surface area contributed by atoms with Crippen LogP contribution in [-0.2, 0) is 0 Å². The molecule has 0 amide bonds. The third-order valence-corrected chi connectivity index (χ3v) is 3.80. The van der Waals surface area contributed by atoms with Crippen molar-refractivity contribution in [3.8, 4) is 23.3 Å². The molecule has 0 aliphatic carbocycles. The lowest BCUT2D eigenvalue weighted by molar-refractivity contribution is 0.103. The summed E-state index contributed by atoms with van der Waals surface area (Å²) in [5.74, 6) is 1.38. The third-order valence-electron chi connectivity index (χ3n) is 3.80. The number of Topliss-reactive ketones (excluding diaryl/α,β-unsaturated/α-hetero) is 1. The number of carbonyl (C=O) groups is 1. The van der Waals surface area contributed by atoms with Gasteiger partial charge in [-0.25, -0.2) is 0 Å². The number of rotatable bonds is 4. The van der Waals surface area contributed by atoms with Gasteiger partial charge in [0.05, 0.1) is 20.3 Å². The quantitative estimate of drug-likeness (QED) is 0.485. The summed E-state index contributed by atoms with van der Waals surface area (Å²) in [5.41, 5.74) is 1.06. The van der Waals surface area contributed by atoms with Crippen LogP contribution in [0.1, 0.15) is 22.3 Å². The molecule has 126 valence electrons. The summed E-state index contributed by atoms with van der Waals surface area (Å²) in [6, 6.07) is 14.1. The SMILES string of the molecule is COc1cccc(C(=O)/C(C#N)=C/c2cccc3c2OCCCO3)c1. The largest absolute Gasteiger partial charge is 0.497 e. The van der Waals surface area contributed by atoms with Crippen LogP contribution in [0.4, 0.5) is 0 Å². The van der Waals surface area contributed by atoms with Gasteiger partial charge in [0.1, 0.15) is 17.4 Å². The Kier molecular flexibility index (Phi) is 5.00. The van der Waals surface area contributed by atoms with Crippen molar-refractivity contribution in [2.24, 2.45) is 0 Å². The zero-order valence-electron chi connectivity index (χ0n) is 13.8. The van der Waals surface area contributed by atoms with Gasteiger partial charge in [-0.1, -0.05) is 24.3 Å². The predicted octanol–water partition coefficient (Wildman–Crippen LogP) is 3.65. The van der Waals surface area contributed by atoms with Gasteiger partial charge >= 0.3 is 0 Å². The Hall–Kier alpha value is -3.26. The van der Waals surface area contributed by atoms with E-state index in [1.165, 1.54) is 13.2 Å². The highest BCUT2D eigenvalue weighted by Gasteiger charge is 2.17. The average molecular weight is 335 g/mol. The molecule has 0 spiro atoms. The Morgan fingerprint density at radius 2 is 2.00 bits per heavy atom. The topological polar surface area (TPSA) is 68.6 Å². The Labute approximate surface area is 146 Å². The van der Waals surface area contributed by atoms with E-state index in [1.807, 2.05) is 18.2 Å². The summed E-state index contributed by atoms with van der Waals surface area (Å²) in [5, 5.41) is 9.46. The highest BCUT2D eigenvalue weighted by molar-refractivity contribution is 6.14. The van der Waals surface area contributed by atoms with E-state index in [2.05, 4.69) is 0 Å². The molecular weight excluding hydrogens is 318 g/mol. The molecule has 5 nitrogen and oxygen atoms in total. The summed E-state index contributed by atoms with van der Waals surface area (Å²) in [4.78, 5) is 12.7. The van der Waals surface area contributed by atoms with Crippen molar-refractivity contribution in [2.45, 2.75) is 6.42 Å². The summed E-state index contributed by atoms with van der Waals surface area (Å²) in [6.45, 7) is 1.11. The van der Waals surface area contributed by atoms with Gasteiger partial charge in [-0.05, 0) is 24.3 Å². The lowest BCUT2D eigenvalue weighted by Gasteiger charge is -2.10. The highest BCUT2D eigenvalue weighted by Crippen LogP contribution is 2.34. The number of hydrogen-bond acceptors (Lipinski definition) is 5. The minimum absolute atomic E-state index is 0.0227. The van der Waals surface area contributed by atoms with Crippen LogP contribution < -0.4 is 14.2 Å². The number of methoxy groups -OCH3 is 1. The van der Waals surface area contributed by atoms with Gasteiger partial charge in [-0.3, -0.25) is 4.79 Å². The molecule has 0 saturated heterocycles. The molecule has 0 unspecified atom stereocenters. The molecule has 2 aromatic carbocycles. The maximum absolute atomic E-state index is 12.7. The molecular formula is C20H17NO4. The van der Waals surface area contributed by atoms with Gasteiger partial charge in [-0.2, -0.15) is 5.26 Å². The van der Waals surface area contributed by atoms with Crippen LogP contribution in [0.2, 0.25) is 0 Å². The lowest BCUT2D eigenvalue weighted by atomic mass is 10.0. The van der Waals surface area contributed by atoms with E-state index in [9.17, 15) is 10.1 Å². The van der Waals surface area contributed by atoms with Crippen molar-refractivity contribution in [3.05, 3.63) is 59.2 Å². The molecule has 1 aliphatic heterocycles. The zero-order chi connectivity index (χ0) is 17.6. The standard InChI is InChI=1S/C20H17NO4/c1-23-17-7-2-5-14(12-17)19(22)16(13-21)11-15-6-3-8-18-20(15)25-10-4-9-24-18/h2-3,5-8,11-12H,4,9-10H2,1H3/b16-11+. The van der Waals surface area contributed by atoms with E-state index >= 15 is 0 Å². The number of nitrogens with zero attached hydrogens (tertiary/aromatic N) is 1. The second-order valence-corrected chi connectivity index (χ2v) is 5.46. The summed E-state index contributed by atoms with van der Waals surface area (Å²) in [6.07, 6.45) is 2.32. The zero-order valence-corrected chi connectivity index (χ0v) is 13.8. The minimum Gasteiger partial charge on any atom is -0.497 e. The molecule has 0 fully saturated rings. The number of para-hydroxylation sites is 1. The van der Waals surface area contributed by atoms with E-state index < -0.39 is 0 Å². The highest BCUT2D eigenvalue weighted by atomic mass is 16.5. The van der Waals surface area contributed by atoms with Crippen molar-refractivity contribution in [1.29, 1.82) is 5.26 Å².